The van der Waals surface area contributed by atoms with Crippen molar-refractivity contribution in [3.63, 3.8) is 0 Å². The molecule has 100 valence electrons. The number of amides is 1. The molecule has 0 radical (unpaired) electrons. The highest BCUT2D eigenvalue weighted by atomic mass is 19.4. The number of nitrogens with one attached hydrogen (secondary N) is 1. The van der Waals surface area contributed by atoms with Gasteiger partial charge in [0.15, 0.2) is 0 Å². The van der Waals surface area contributed by atoms with E-state index < -0.39 is 12.1 Å². The topological polar surface area (TPSA) is 29.1 Å². The molecule has 0 aromatic rings. The lowest BCUT2D eigenvalue weighted by atomic mass is 9.85. The van der Waals surface area contributed by atoms with E-state index >= 15 is 0 Å². The Bertz CT molecular complexity index is 265. The molecule has 1 amide bonds. The van der Waals surface area contributed by atoms with Crippen LogP contribution in [0.4, 0.5) is 13.2 Å². The van der Waals surface area contributed by atoms with Crippen molar-refractivity contribution in [3.8, 4) is 0 Å². The molecule has 0 saturated heterocycles. The Kier molecular flexibility index (Phi) is 4.83. The van der Waals surface area contributed by atoms with Crippen molar-refractivity contribution < 1.29 is 18.0 Å². The van der Waals surface area contributed by atoms with E-state index in [1.807, 2.05) is 6.92 Å². The maximum Gasteiger partial charge on any atom is 0.391 e. The minimum Gasteiger partial charge on any atom is -0.353 e. The van der Waals surface area contributed by atoms with E-state index in [2.05, 4.69) is 5.32 Å². The Hall–Kier alpha value is -0.740. The molecule has 0 unspecified atom stereocenters. The summed E-state index contributed by atoms with van der Waals surface area (Å²) in [5.41, 5.74) is 0. The molecule has 1 fully saturated rings. The summed E-state index contributed by atoms with van der Waals surface area (Å²) in [7, 11) is 0. The molecule has 1 N–H and O–H groups in total. The molecule has 0 bridgehead atoms. The Morgan fingerprint density at radius 3 is 2.59 bits per heavy atom. The zero-order valence-corrected chi connectivity index (χ0v) is 10.3. The van der Waals surface area contributed by atoms with Crippen LogP contribution < -0.4 is 5.32 Å². The van der Waals surface area contributed by atoms with Gasteiger partial charge >= 0.3 is 6.18 Å². The van der Waals surface area contributed by atoms with Crippen LogP contribution in [0.3, 0.4) is 0 Å². The van der Waals surface area contributed by atoms with Gasteiger partial charge in [0.2, 0.25) is 5.91 Å². The third-order valence-corrected chi connectivity index (χ3v) is 3.54. The van der Waals surface area contributed by atoms with Gasteiger partial charge in [-0.1, -0.05) is 20.3 Å². The van der Waals surface area contributed by atoms with Crippen LogP contribution in [0.2, 0.25) is 0 Å². The molecule has 1 rings (SSSR count). The first kappa shape index (κ1) is 14.3. The van der Waals surface area contributed by atoms with E-state index in [-0.39, 0.29) is 30.7 Å². The van der Waals surface area contributed by atoms with Crippen molar-refractivity contribution in [1.29, 1.82) is 0 Å². The van der Waals surface area contributed by atoms with Crippen LogP contribution in [0.25, 0.3) is 0 Å². The number of hydrogen-bond donors (Lipinski definition) is 1. The minimum atomic E-state index is -4.13. The summed E-state index contributed by atoms with van der Waals surface area (Å²) in [6.07, 6.45) is -1.99. The normalized spacial score (nSPS) is 27.6. The van der Waals surface area contributed by atoms with E-state index in [1.54, 1.807) is 6.92 Å². The monoisotopic (exact) mass is 251 g/mol. The van der Waals surface area contributed by atoms with E-state index in [1.165, 1.54) is 0 Å². The van der Waals surface area contributed by atoms with E-state index in [9.17, 15) is 18.0 Å². The number of carbonyl (C=O) groups is 1. The fourth-order valence-electron chi connectivity index (χ4n) is 2.15. The highest BCUT2D eigenvalue weighted by molar-refractivity contribution is 5.78. The molecule has 1 saturated carbocycles. The predicted octanol–water partition coefficient (Wildman–Crippen LogP) is 3.27. The van der Waals surface area contributed by atoms with E-state index in [4.69, 9.17) is 0 Å². The van der Waals surface area contributed by atoms with Gasteiger partial charge in [-0.15, -0.1) is 0 Å². The molecule has 17 heavy (non-hydrogen) atoms. The van der Waals surface area contributed by atoms with Gasteiger partial charge in [0.05, 0.1) is 5.92 Å². The molecular weight excluding hydrogens is 231 g/mol. The number of alkyl halides is 3. The third-order valence-electron chi connectivity index (χ3n) is 3.54. The molecule has 1 aliphatic carbocycles. The van der Waals surface area contributed by atoms with E-state index in [0.29, 0.717) is 19.3 Å². The second-order valence-electron chi connectivity index (χ2n) is 4.92. The van der Waals surface area contributed by atoms with E-state index in [0.717, 1.165) is 0 Å². The Morgan fingerprint density at radius 2 is 2.06 bits per heavy atom. The molecular formula is C12H20F3NO. The summed E-state index contributed by atoms with van der Waals surface area (Å²) in [4.78, 5) is 11.6. The average Bonchev–Trinajstić information content (AvgIpc) is 2.27. The number of rotatable bonds is 3. The molecule has 0 aromatic carbocycles. The lowest BCUT2D eigenvalue weighted by Crippen LogP contribution is -2.43. The standard InChI is InChI=1S/C12H20F3NO/c1-3-8(2)11(17)16-10-6-4-5-9(7-10)12(13,14)15/h8-10H,3-7H2,1-2H3,(H,16,17)/t8-,9-,10-/m0/s1. The van der Waals surface area contributed by atoms with Crippen molar-refractivity contribution in [2.45, 2.75) is 58.2 Å². The third kappa shape index (κ3) is 4.21. The summed E-state index contributed by atoms with van der Waals surface area (Å²) in [5, 5.41) is 2.73. The highest BCUT2D eigenvalue weighted by Crippen LogP contribution is 2.37. The van der Waals surface area contributed by atoms with Crippen LogP contribution in [0.15, 0.2) is 0 Å². The highest BCUT2D eigenvalue weighted by Gasteiger charge is 2.42. The first-order valence-electron chi connectivity index (χ1n) is 6.21. The summed E-state index contributed by atoms with van der Waals surface area (Å²) in [6, 6.07) is -0.308. The summed E-state index contributed by atoms with van der Waals surface area (Å²) >= 11 is 0. The first-order valence-corrected chi connectivity index (χ1v) is 6.21. The van der Waals surface area contributed by atoms with Gasteiger partial charge in [-0.05, 0) is 25.7 Å². The zero-order chi connectivity index (χ0) is 13.1. The Morgan fingerprint density at radius 1 is 1.41 bits per heavy atom. The van der Waals surface area contributed by atoms with Crippen molar-refractivity contribution in [2.75, 3.05) is 0 Å². The maximum absolute atomic E-state index is 12.6. The Balaban J connectivity index is 2.48. The van der Waals surface area contributed by atoms with Crippen LogP contribution in [0, 0.1) is 11.8 Å². The van der Waals surface area contributed by atoms with Crippen LogP contribution in [-0.2, 0) is 4.79 Å². The molecule has 0 aliphatic heterocycles. The molecule has 3 atom stereocenters. The lowest BCUT2D eigenvalue weighted by Gasteiger charge is -2.31. The van der Waals surface area contributed by atoms with Crippen molar-refractivity contribution >= 4 is 5.91 Å². The van der Waals surface area contributed by atoms with Gasteiger partial charge in [-0.25, -0.2) is 0 Å². The first-order chi connectivity index (χ1) is 7.84. The van der Waals surface area contributed by atoms with Crippen LogP contribution >= 0.6 is 0 Å². The van der Waals surface area contributed by atoms with Crippen molar-refractivity contribution in [2.24, 2.45) is 11.8 Å². The molecule has 0 spiro atoms. The fraction of sp³-hybridized carbons (Fsp3) is 0.917. The smallest absolute Gasteiger partial charge is 0.353 e. The number of halogens is 3. The molecule has 0 heterocycles. The van der Waals surface area contributed by atoms with Gasteiger partial charge in [0.1, 0.15) is 0 Å². The van der Waals surface area contributed by atoms with Gasteiger partial charge in [-0.2, -0.15) is 13.2 Å². The predicted molar refractivity (Wildman–Crippen MR) is 59.4 cm³/mol. The zero-order valence-electron chi connectivity index (χ0n) is 10.3. The van der Waals surface area contributed by atoms with Crippen molar-refractivity contribution in [1.82, 2.24) is 5.32 Å². The average molecular weight is 251 g/mol. The van der Waals surface area contributed by atoms with Crippen LogP contribution in [0.5, 0.6) is 0 Å². The van der Waals surface area contributed by atoms with Gasteiger partial charge in [0.25, 0.3) is 0 Å². The Labute approximate surface area is 100.0 Å². The van der Waals surface area contributed by atoms with Gasteiger partial charge < -0.3 is 5.32 Å². The molecule has 0 aromatic heterocycles. The maximum atomic E-state index is 12.6. The molecule has 5 heteroatoms. The quantitative estimate of drug-likeness (QED) is 0.819. The second kappa shape index (κ2) is 5.74. The molecule has 1 aliphatic rings. The van der Waals surface area contributed by atoms with Gasteiger partial charge in [0, 0.05) is 12.0 Å². The largest absolute Gasteiger partial charge is 0.391 e. The van der Waals surface area contributed by atoms with Gasteiger partial charge in [-0.3, -0.25) is 4.79 Å². The summed E-state index contributed by atoms with van der Waals surface area (Å²) in [5.74, 6) is -1.50. The number of hydrogen-bond acceptors (Lipinski definition) is 1. The summed E-state index contributed by atoms with van der Waals surface area (Å²) in [6.45, 7) is 3.68. The lowest BCUT2D eigenvalue weighted by molar-refractivity contribution is -0.184. The summed E-state index contributed by atoms with van der Waals surface area (Å²) < 4.78 is 37.7. The number of carbonyl (C=O) groups excluding carboxylic acids is 1. The SMILES string of the molecule is CC[C@H](C)C(=O)N[C@H]1CCC[C@H](C(F)(F)F)C1. The van der Waals surface area contributed by atoms with Crippen LogP contribution in [0.1, 0.15) is 46.0 Å². The minimum absolute atomic E-state index is 0.0334. The fourth-order valence-corrected chi connectivity index (χ4v) is 2.15. The van der Waals surface area contributed by atoms with Crippen molar-refractivity contribution in [3.05, 3.63) is 0 Å². The molecule has 2 nitrogen and oxygen atoms in total. The van der Waals surface area contributed by atoms with Crippen LogP contribution in [-0.4, -0.2) is 18.1 Å². The second-order valence-corrected chi connectivity index (χ2v) is 4.92.